The van der Waals surface area contributed by atoms with Gasteiger partial charge < -0.3 is 9.79 Å². The summed E-state index contributed by atoms with van der Waals surface area (Å²) in [7, 11) is -4.18. The van der Waals surface area contributed by atoms with E-state index >= 15 is 0 Å². The van der Waals surface area contributed by atoms with Crippen molar-refractivity contribution in [2.24, 2.45) is 17.3 Å². The summed E-state index contributed by atoms with van der Waals surface area (Å²) in [5, 5.41) is 0.131. The Morgan fingerprint density at radius 2 is 1.96 bits per heavy atom. The first kappa shape index (κ1) is 15.6. The second-order valence-corrected chi connectivity index (χ2v) is 9.37. The summed E-state index contributed by atoms with van der Waals surface area (Å²) in [5.41, 5.74) is 2.24. The monoisotopic (exact) mass is 334 g/mol. The van der Waals surface area contributed by atoms with Crippen molar-refractivity contribution in [3.05, 3.63) is 29.3 Å². The molecule has 124 valence electrons. The van der Waals surface area contributed by atoms with Gasteiger partial charge in [0.05, 0.1) is 5.30 Å². The van der Waals surface area contributed by atoms with Gasteiger partial charge in [-0.3, -0.25) is 9.36 Å². The zero-order chi connectivity index (χ0) is 16.4. The Bertz CT molecular complexity index is 722. The number of ketones is 1. The lowest BCUT2D eigenvalue weighted by atomic mass is 9.55. The standard InChI is InChI=1S/C18H23O4P/c1-18-9-8-14-13-5-3-12(23(20,21)22)10-11(13)2-4-15(14)16(18)6-7-17(18)19/h3,5,10,14-16H,2,4,6-9H2,1H3,(H2,20,21,22)/t14-,15-,16+,18+/m1/s1. The molecule has 2 fully saturated rings. The molecule has 0 amide bonds. The van der Waals surface area contributed by atoms with Crippen LogP contribution in [-0.2, 0) is 15.8 Å². The fourth-order valence-corrected chi connectivity index (χ4v) is 6.11. The van der Waals surface area contributed by atoms with Crippen molar-refractivity contribution in [1.82, 2.24) is 0 Å². The molecule has 4 atom stereocenters. The molecule has 0 aliphatic heterocycles. The Morgan fingerprint density at radius 3 is 2.70 bits per heavy atom. The van der Waals surface area contributed by atoms with Crippen molar-refractivity contribution < 1.29 is 19.1 Å². The Morgan fingerprint density at radius 1 is 1.17 bits per heavy atom. The van der Waals surface area contributed by atoms with Crippen LogP contribution in [0.3, 0.4) is 0 Å². The molecule has 1 aromatic rings. The summed E-state index contributed by atoms with van der Waals surface area (Å²) < 4.78 is 11.5. The number of carbonyl (C=O) groups is 1. The predicted molar refractivity (Wildman–Crippen MR) is 87.7 cm³/mol. The number of aryl methyl sites for hydroxylation is 1. The lowest BCUT2D eigenvalue weighted by Crippen LogP contribution is -2.42. The number of hydrogen-bond donors (Lipinski definition) is 2. The minimum Gasteiger partial charge on any atom is -0.321 e. The Kier molecular flexibility index (Phi) is 3.39. The van der Waals surface area contributed by atoms with Gasteiger partial charge in [0.2, 0.25) is 0 Å². The molecule has 0 unspecified atom stereocenters. The van der Waals surface area contributed by atoms with Crippen LogP contribution in [0, 0.1) is 17.3 Å². The Labute approximate surface area is 136 Å². The lowest BCUT2D eigenvalue weighted by molar-refractivity contribution is -0.129. The van der Waals surface area contributed by atoms with Gasteiger partial charge in [-0.15, -0.1) is 0 Å². The topological polar surface area (TPSA) is 74.6 Å². The van der Waals surface area contributed by atoms with E-state index in [0.717, 1.165) is 44.1 Å². The third-order valence-corrected chi connectivity index (χ3v) is 7.71. The fourth-order valence-electron chi connectivity index (χ4n) is 5.52. The summed E-state index contributed by atoms with van der Waals surface area (Å²) in [4.78, 5) is 31.1. The minimum absolute atomic E-state index is 0.121. The van der Waals surface area contributed by atoms with E-state index in [4.69, 9.17) is 0 Å². The van der Waals surface area contributed by atoms with Crippen molar-refractivity contribution in [1.29, 1.82) is 0 Å². The van der Waals surface area contributed by atoms with Crippen molar-refractivity contribution in [2.45, 2.75) is 51.4 Å². The van der Waals surface area contributed by atoms with Crippen molar-refractivity contribution >= 4 is 18.7 Å². The molecule has 0 bridgehead atoms. The molecule has 4 nitrogen and oxygen atoms in total. The van der Waals surface area contributed by atoms with Crippen LogP contribution in [0.1, 0.15) is 56.1 Å². The van der Waals surface area contributed by atoms with Gasteiger partial charge in [0, 0.05) is 11.8 Å². The molecule has 4 rings (SSSR count). The molecule has 2 saturated carbocycles. The first-order valence-electron chi connectivity index (χ1n) is 8.53. The molecular weight excluding hydrogens is 311 g/mol. The molecule has 3 aliphatic carbocycles. The zero-order valence-corrected chi connectivity index (χ0v) is 14.3. The highest BCUT2D eigenvalue weighted by Gasteiger charge is 2.54. The van der Waals surface area contributed by atoms with Crippen LogP contribution in [0.5, 0.6) is 0 Å². The van der Waals surface area contributed by atoms with Gasteiger partial charge in [0.1, 0.15) is 5.78 Å². The summed E-state index contributed by atoms with van der Waals surface area (Å²) >= 11 is 0. The van der Waals surface area contributed by atoms with Crippen LogP contribution in [0.2, 0.25) is 0 Å². The molecule has 0 aromatic heterocycles. The van der Waals surface area contributed by atoms with E-state index in [-0.39, 0.29) is 10.7 Å². The zero-order valence-electron chi connectivity index (χ0n) is 13.4. The van der Waals surface area contributed by atoms with E-state index in [1.807, 2.05) is 6.07 Å². The van der Waals surface area contributed by atoms with E-state index in [1.54, 1.807) is 12.1 Å². The average molecular weight is 334 g/mol. The van der Waals surface area contributed by atoms with Gasteiger partial charge in [0.25, 0.3) is 0 Å². The molecule has 0 saturated heterocycles. The maximum atomic E-state index is 12.3. The number of fused-ring (bicyclic) bond motifs is 5. The second-order valence-electron chi connectivity index (χ2n) is 7.76. The van der Waals surface area contributed by atoms with Crippen LogP contribution < -0.4 is 5.30 Å². The number of carbonyl (C=O) groups excluding carboxylic acids is 1. The summed E-state index contributed by atoms with van der Waals surface area (Å²) in [6.07, 6.45) is 5.63. The summed E-state index contributed by atoms with van der Waals surface area (Å²) in [5.74, 6) is 1.94. The van der Waals surface area contributed by atoms with E-state index in [2.05, 4.69) is 6.92 Å². The molecule has 0 radical (unpaired) electrons. The number of rotatable bonds is 1. The van der Waals surface area contributed by atoms with E-state index in [0.29, 0.717) is 23.5 Å². The van der Waals surface area contributed by atoms with Crippen LogP contribution in [0.4, 0.5) is 0 Å². The smallest absolute Gasteiger partial charge is 0.321 e. The van der Waals surface area contributed by atoms with Crippen LogP contribution in [0.25, 0.3) is 0 Å². The van der Waals surface area contributed by atoms with Gasteiger partial charge in [-0.05, 0) is 73.1 Å². The predicted octanol–water partition coefficient (Wildman–Crippen LogP) is 2.91. The highest BCUT2D eigenvalue weighted by Crippen LogP contribution is 2.59. The molecule has 0 heterocycles. The first-order chi connectivity index (χ1) is 10.8. The van der Waals surface area contributed by atoms with Crippen molar-refractivity contribution in [3.63, 3.8) is 0 Å². The third kappa shape index (κ3) is 2.26. The van der Waals surface area contributed by atoms with E-state index in [9.17, 15) is 19.1 Å². The SMILES string of the molecule is C[C@]12CC[C@@H]3c4ccc(P(=O)(O)O)cc4CC[C@H]3[C@@H]1CCC2=O. The van der Waals surface area contributed by atoms with E-state index in [1.165, 1.54) is 5.56 Å². The number of hydrogen-bond acceptors (Lipinski definition) is 2. The highest BCUT2D eigenvalue weighted by molar-refractivity contribution is 7.60. The molecule has 5 heteroatoms. The Balaban J connectivity index is 1.70. The van der Waals surface area contributed by atoms with Crippen molar-refractivity contribution in [3.8, 4) is 0 Å². The Hall–Kier alpha value is -0.960. The van der Waals surface area contributed by atoms with Gasteiger partial charge in [-0.25, -0.2) is 0 Å². The largest absolute Gasteiger partial charge is 0.356 e. The maximum absolute atomic E-state index is 12.3. The average Bonchev–Trinajstić information content (AvgIpc) is 2.81. The third-order valence-electron chi connectivity index (χ3n) is 6.76. The molecule has 2 N–H and O–H groups in total. The van der Waals surface area contributed by atoms with Crippen molar-refractivity contribution in [2.75, 3.05) is 0 Å². The molecule has 3 aliphatic rings. The van der Waals surface area contributed by atoms with Gasteiger partial charge >= 0.3 is 7.60 Å². The second kappa shape index (κ2) is 5.02. The first-order valence-corrected chi connectivity index (χ1v) is 10.1. The number of benzene rings is 1. The van der Waals surface area contributed by atoms with Gasteiger partial charge in [-0.1, -0.05) is 13.0 Å². The van der Waals surface area contributed by atoms with Crippen LogP contribution >= 0.6 is 7.60 Å². The number of Topliss-reactive ketones (excluding diaryl/α,β-unsaturated/α-hetero) is 1. The minimum atomic E-state index is -4.18. The highest BCUT2D eigenvalue weighted by atomic mass is 31.2. The molecule has 1 aromatic carbocycles. The van der Waals surface area contributed by atoms with Crippen LogP contribution in [-0.4, -0.2) is 15.6 Å². The molecule has 0 spiro atoms. The lowest BCUT2D eigenvalue weighted by Gasteiger charge is -2.48. The summed E-state index contributed by atoms with van der Waals surface area (Å²) in [6, 6.07) is 5.23. The molecule has 23 heavy (non-hydrogen) atoms. The fraction of sp³-hybridized carbons (Fsp3) is 0.611. The normalized spacial score (nSPS) is 36.3. The van der Waals surface area contributed by atoms with Gasteiger partial charge in [-0.2, -0.15) is 0 Å². The summed E-state index contributed by atoms with van der Waals surface area (Å²) in [6.45, 7) is 2.16. The van der Waals surface area contributed by atoms with E-state index < -0.39 is 7.60 Å². The van der Waals surface area contributed by atoms with Crippen LogP contribution in [0.15, 0.2) is 18.2 Å². The maximum Gasteiger partial charge on any atom is 0.356 e. The quantitative estimate of drug-likeness (QED) is 0.775. The van der Waals surface area contributed by atoms with Gasteiger partial charge in [0.15, 0.2) is 0 Å². The molecular formula is C18H23O4P.